The fraction of sp³-hybridized carbons (Fsp3) is 0.565. The minimum Gasteiger partial charge on any atom is -0.357 e. The van der Waals surface area contributed by atoms with Crippen LogP contribution in [0.3, 0.4) is 0 Å². The summed E-state index contributed by atoms with van der Waals surface area (Å²) in [5.41, 5.74) is 3.80. The first kappa shape index (κ1) is 25.1. The number of hydrogen-bond acceptors (Lipinski definition) is 4. The zero-order valence-electron chi connectivity index (χ0n) is 18.5. The van der Waals surface area contributed by atoms with Crippen LogP contribution in [-0.2, 0) is 19.5 Å². The van der Waals surface area contributed by atoms with Crippen molar-refractivity contribution in [3.63, 3.8) is 0 Å². The summed E-state index contributed by atoms with van der Waals surface area (Å²) in [5, 5.41) is 7.94. The number of nitrogens with zero attached hydrogens (tertiary/aromatic N) is 3. The van der Waals surface area contributed by atoms with E-state index < -0.39 is 0 Å². The van der Waals surface area contributed by atoms with Gasteiger partial charge < -0.3 is 10.6 Å². The molecule has 2 heterocycles. The second-order valence-electron chi connectivity index (χ2n) is 7.77. The van der Waals surface area contributed by atoms with Crippen molar-refractivity contribution in [2.75, 3.05) is 26.2 Å². The van der Waals surface area contributed by atoms with Crippen molar-refractivity contribution in [3.05, 3.63) is 51.0 Å². The minimum atomic E-state index is 0. The van der Waals surface area contributed by atoms with Crippen LogP contribution in [0.5, 0.6) is 0 Å². The van der Waals surface area contributed by atoms with Gasteiger partial charge in [0.1, 0.15) is 0 Å². The van der Waals surface area contributed by atoms with E-state index in [2.05, 4.69) is 65.6 Å². The number of thiazole rings is 1. The Morgan fingerprint density at radius 3 is 2.40 bits per heavy atom. The first-order valence-electron chi connectivity index (χ1n) is 10.9. The average molecular weight is 542 g/mol. The molecule has 30 heavy (non-hydrogen) atoms. The molecule has 7 heteroatoms. The number of likely N-dealkylation sites (tertiary alicyclic amines) is 1. The van der Waals surface area contributed by atoms with Crippen LogP contribution in [0.2, 0.25) is 0 Å². The number of nitrogens with one attached hydrogen (secondary N) is 2. The minimum absolute atomic E-state index is 0. The molecule has 0 bridgehead atoms. The van der Waals surface area contributed by atoms with Crippen LogP contribution in [0.4, 0.5) is 0 Å². The van der Waals surface area contributed by atoms with Gasteiger partial charge in [-0.15, -0.1) is 35.3 Å². The van der Waals surface area contributed by atoms with Crippen molar-refractivity contribution in [1.82, 2.24) is 20.5 Å². The van der Waals surface area contributed by atoms with Crippen LogP contribution in [0, 0.1) is 13.8 Å². The Balaban J connectivity index is 0.00000320. The molecule has 2 N–H and O–H groups in total. The SMILES string of the molecule is CCNC(=NCc1ccc(CN2CCCCC2)cc1)NCCc1sc(C)nc1C.I. The highest BCUT2D eigenvalue weighted by molar-refractivity contribution is 14.0. The molecule has 1 aliphatic heterocycles. The van der Waals surface area contributed by atoms with E-state index in [4.69, 9.17) is 4.99 Å². The third-order valence-electron chi connectivity index (χ3n) is 5.29. The Morgan fingerprint density at radius 1 is 1.07 bits per heavy atom. The lowest BCUT2D eigenvalue weighted by Crippen LogP contribution is -2.38. The summed E-state index contributed by atoms with van der Waals surface area (Å²) in [7, 11) is 0. The Hall–Kier alpha value is -1.19. The number of rotatable bonds is 8. The number of benzene rings is 1. The number of aliphatic imine (C=N–C) groups is 1. The van der Waals surface area contributed by atoms with Crippen molar-refractivity contribution in [1.29, 1.82) is 0 Å². The third-order valence-corrected chi connectivity index (χ3v) is 6.42. The van der Waals surface area contributed by atoms with Crippen LogP contribution in [-0.4, -0.2) is 42.0 Å². The summed E-state index contributed by atoms with van der Waals surface area (Å²) in [5.74, 6) is 0.879. The van der Waals surface area contributed by atoms with Crippen molar-refractivity contribution in [2.24, 2.45) is 4.99 Å². The predicted molar refractivity (Wildman–Crippen MR) is 139 cm³/mol. The Kier molecular flexibility index (Phi) is 11.1. The van der Waals surface area contributed by atoms with Crippen LogP contribution >= 0.6 is 35.3 Å². The summed E-state index contributed by atoms with van der Waals surface area (Å²) < 4.78 is 0. The van der Waals surface area contributed by atoms with E-state index in [1.54, 1.807) is 11.3 Å². The van der Waals surface area contributed by atoms with E-state index in [0.29, 0.717) is 6.54 Å². The number of aromatic nitrogens is 1. The van der Waals surface area contributed by atoms with Gasteiger partial charge in [0.05, 0.1) is 17.2 Å². The maximum Gasteiger partial charge on any atom is 0.191 e. The monoisotopic (exact) mass is 541 g/mol. The molecule has 0 aliphatic carbocycles. The number of aryl methyl sites for hydroxylation is 2. The molecule has 0 amide bonds. The second kappa shape index (κ2) is 13.3. The fourth-order valence-corrected chi connectivity index (χ4v) is 4.67. The van der Waals surface area contributed by atoms with E-state index >= 15 is 0 Å². The summed E-state index contributed by atoms with van der Waals surface area (Å²) >= 11 is 1.79. The summed E-state index contributed by atoms with van der Waals surface area (Å²) in [6.07, 6.45) is 5.05. The lowest BCUT2D eigenvalue weighted by Gasteiger charge is -2.26. The molecule has 1 aliphatic rings. The third kappa shape index (κ3) is 8.15. The zero-order valence-corrected chi connectivity index (χ0v) is 21.7. The maximum absolute atomic E-state index is 4.76. The van der Waals surface area contributed by atoms with Gasteiger partial charge in [0.25, 0.3) is 0 Å². The molecule has 2 aromatic rings. The van der Waals surface area contributed by atoms with Crippen molar-refractivity contribution in [2.45, 2.75) is 59.5 Å². The van der Waals surface area contributed by atoms with Gasteiger partial charge in [-0.1, -0.05) is 30.7 Å². The van der Waals surface area contributed by atoms with Crippen LogP contribution in [0.15, 0.2) is 29.3 Å². The fourth-order valence-electron chi connectivity index (χ4n) is 3.74. The Bertz CT molecular complexity index is 781. The molecular weight excluding hydrogens is 505 g/mol. The van der Waals surface area contributed by atoms with E-state index in [0.717, 1.165) is 42.7 Å². The summed E-state index contributed by atoms with van der Waals surface area (Å²) in [4.78, 5) is 13.2. The topological polar surface area (TPSA) is 52.6 Å². The highest BCUT2D eigenvalue weighted by Gasteiger charge is 2.10. The number of hydrogen-bond donors (Lipinski definition) is 2. The number of halogens is 1. The van der Waals surface area contributed by atoms with Gasteiger partial charge in [-0.2, -0.15) is 0 Å². The summed E-state index contributed by atoms with van der Waals surface area (Å²) in [6, 6.07) is 8.95. The molecule has 1 aromatic carbocycles. The van der Waals surface area contributed by atoms with Gasteiger partial charge in [0.15, 0.2) is 5.96 Å². The highest BCUT2D eigenvalue weighted by Crippen LogP contribution is 2.17. The molecule has 1 aromatic heterocycles. The van der Waals surface area contributed by atoms with E-state index in [1.165, 1.54) is 48.4 Å². The standard InChI is InChI=1S/C23H35N5S.HI/c1-4-24-23(25-13-12-22-18(2)27-19(3)29-22)26-16-20-8-10-21(11-9-20)17-28-14-6-5-7-15-28;/h8-11H,4-7,12-17H2,1-3H3,(H2,24,25,26);1H. The van der Waals surface area contributed by atoms with Crippen LogP contribution in [0.1, 0.15) is 52.9 Å². The average Bonchev–Trinajstić information content (AvgIpc) is 3.05. The van der Waals surface area contributed by atoms with Crippen molar-refractivity contribution < 1.29 is 0 Å². The first-order chi connectivity index (χ1) is 14.1. The van der Waals surface area contributed by atoms with Gasteiger partial charge in [0.2, 0.25) is 0 Å². The van der Waals surface area contributed by atoms with Crippen LogP contribution in [0.25, 0.3) is 0 Å². The first-order valence-corrected chi connectivity index (χ1v) is 11.7. The molecule has 166 valence electrons. The van der Waals surface area contributed by atoms with E-state index in [-0.39, 0.29) is 24.0 Å². The normalized spacial score (nSPS) is 15.0. The molecular formula is C23H36IN5S. The molecule has 5 nitrogen and oxygen atoms in total. The van der Waals surface area contributed by atoms with Gasteiger partial charge >= 0.3 is 0 Å². The highest BCUT2D eigenvalue weighted by atomic mass is 127. The second-order valence-corrected chi connectivity index (χ2v) is 9.05. The largest absolute Gasteiger partial charge is 0.357 e. The van der Waals surface area contributed by atoms with Gasteiger partial charge in [0, 0.05) is 30.9 Å². The number of piperidine rings is 1. The molecule has 3 rings (SSSR count). The molecule has 0 unspecified atom stereocenters. The van der Waals surface area contributed by atoms with Crippen LogP contribution < -0.4 is 10.6 Å². The molecule has 1 saturated heterocycles. The molecule has 0 saturated carbocycles. The molecule has 0 radical (unpaired) electrons. The van der Waals surface area contributed by atoms with E-state index in [1.807, 2.05) is 0 Å². The Labute approximate surface area is 202 Å². The molecule has 0 atom stereocenters. The zero-order chi connectivity index (χ0) is 20.5. The smallest absolute Gasteiger partial charge is 0.191 e. The molecule has 0 spiro atoms. The molecule has 1 fully saturated rings. The quantitative estimate of drug-likeness (QED) is 0.290. The number of guanidine groups is 1. The lowest BCUT2D eigenvalue weighted by atomic mass is 10.1. The van der Waals surface area contributed by atoms with Gasteiger partial charge in [-0.3, -0.25) is 4.90 Å². The van der Waals surface area contributed by atoms with Crippen molar-refractivity contribution in [3.8, 4) is 0 Å². The van der Waals surface area contributed by atoms with Gasteiger partial charge in [-0.05, 0) is 57.8 Å². The van der Waals surface area contributed by atoms with E-state index in [9.17, 15) is 0 Å². The van der Waals surface area contributed by atoms with Gasteiger partial charge in [-0.25, -0.2) is 9.98 Å². The predicted octanol–water partition coefficient (Wildman–Crippen LogP) is 4.66. The summed E-state index contributed by atoms with van der Waals surface area (Å²) in [6.45, 7) is 12.2. The Morgan fingerprint density at radius 2 is 1.77 bits per heavy atom. The lowest BCUT2D eigenvalue weighted by molar-refractivity contribution is 0.221. The maximum atomic E-state index is 4.76. The van der Waals surface area contributed by atoms with Crippen molar-refractivity contribution >= 4 is 41.3 Å².